The zero-order valence-corrected chi connectivity index (χ0v) is 10.4. The molecular formula is C11H21O2S+. The van der Waals surface area contributed by atoms with Crippen LogP contribution in [0.2, 0.25) is 0 Å². The summed E-state index contributed by atoms with van der Waals surface area (Å²) in [5.41, 5.74) is 0. The second-order valence-corrected chi connectivity index (χ2v) is 7.37. The van der Waals surface area contributed by atoms with Gasteiger partial charge in [-0.15, -0.1) is 0 Å². The average molecular weight is 217 g/mol. The molecule has 3 heteroatoms. The highest BCUT2D eigenvalue weighted by atomic mass is 32.2. The van der Waals surface area contributed by atoms with Gasteiger partial charge in [0.1, 0.15) is 11.5 Å². The number of carbonyl (C=O) groups excluding carboxylic acids is 1. The van der Waals surface area contributed by atoms with E-state index in [0.29, 0.717) is 5.78 Å². The summed E-state index contributed by atoms with van der Waals surface area (Å²) >= 11 is 0. The van der Waals surface area contributed by atoms with E-state index < -0.39 is 0 Å². The molecule has 0 aromatic heterocycles. The number of hydrogen-bond acceptors (Lipinski definition) is 2. The van der Waals surface area contributed by atoms with Gasteiger partial charge in [-0.25, -0.2) is 0 Å². The van der Waals surface area contributed by atoms with Crippen LogP contribution in [0.3, 0.4) is 0 Å². The van der Waals surface area contributed by atoms with Crippen molar-refractivity contribution in [1.29, 1.82) is 0 Å². The summed E-state index contributed by atoms with van der Waals surface area (Å²) in [6.07, 6.45) is 0. The van der Waals surface area contributed by atoms with Gasteiger partial charge in [0.25, 0.3) is 0 Å². The van der Waals surface area contributed by atoms with Crippen molar-refractivity contribution in [1.82, 2.24) is 0 Å². The van der Waals surface area contributed by atoms with Crippen molar-refractivity contribution < 1.29 is 9.53 Å². The Labute approximate surface area is 89.7 Å². The molecule has 0 radical (unpaired) electrons. The van der Waals surface area contributed by atoms with Crippen LogP contribution in [0.15, 0.2) is 0 Å². The molecular weight excluding hydrogens is 196 g/mol. The van der Waals surface area contributed by atoms with E-state index in [1.165, 1.54) is 0 Å². The first-order valence-corrected chi connectivity index (χ1v) is 6.82. The normalized spacial score (nSPS) is 20.1. The van der Waals surface area contributed by atoms with E-state index in [9.17, 15) is 4.79 Å². The Morgan fingerprint density at radius 1 is 1.29 bits per heavy atom. The van der Waals surface area contributed by atoms with Crippen molar-refractivity contribution in [3.8, 4) is 0 Å². The van der Waals surface area contributed by atoms with Gasteiger partial charge in [-0.1, -0.05) is 13.8 Å². The molecule has 1 rings (SSSR count). The Hall–Kier alpha value is -0.0200. The zero-order chi connectivity index (χ0) is 10.8. The molecule has 1 aliphatic heterocycles. The molecule has 82 valence electrons. The van der Waals surface area contributed by atoms with Gasteiger partial charge in [0.05, 0.1) is 13.2 Å². The molecule has 2 nitrogen and oxygen atoms in total. The molecule has 0 N–H and O–H groups in total. The van der Waals surface area contributed by atoms with Crippen molar-refractivity contribution >= 4 is 16.7 Å². The number of ketones is 1. The minimum Gasteiger partial charge on any atom is -0.372 e. The summed E-state index contributed by atoms with van der Waals surface area (Å²) < 4.78 is 5.19. The Morgan fingerprint density at radius 3 is 2.21 bits per heavy atom. The van der Waals surface area contributed by atoms with Crippen LogP contribution in [0.4, 0.5) is 0 Å². The van der Waals surface area contributed by atoms with Crippen LogP contribution in [-0.4, -0.2) is 35.2 Å². The van der Waals surface area contributed by atoms with Gasteiger partial charge in [0.2, 0.25) is 0 Å². The van der Waals surface area contributed by atoms with Crippen molar-refractivity contribution in [2.24, 2.45) is 5.92 Å². The van der Waals surface area contributed by atoms with Gasteiger partial charge >= 0.3 is 0 Å². The highest BCUT2D eigenvalue weighted by Crippen LogP contribution is 2.26. The molecule has 0 bridgehead atoms. The van der Waals surface area contributed by atoms with Crippen LogP contribution in [0.25, 0.3) is 0 Å². The van der Waals surface area contributed by atoms with E-state index in [-0.39, 0.29) is 21.6 Å². The summed E-state index contributed by atoms with van der Waals surface area (Å²) in [5, 5.41) is 0. The fraction of sp³-hybridized carbons (Fsp3) is 0.909. The number of rotatable bonds is 3. The minimum absolute atomic E-state index is 0.141. The van der Waals surface area contributed by atoms with Gasteiger partial charge < -0.3 is 4.74 Å². The van der Waals surface area contributed by atoms with Gasteiger partial charge in [-0.2, -0.15) is 0 Å². The second-order valence-electron chi connectivity index (χ2n) is 4.54. The molecule has 1 aliphatic rings. The van der Waals surface area contributed by atoms with Crippen molar-refractivity contribution in [3.63, 3.8) is 0 Å². The molecule has 0 spiro atoms. The molecule has 0 amide bonds. The van der Waals surface area contributed by atoms with E-state index in [1.807, 2.05) is 13.8 Å². The Kier molecular flexibility index (Phi) is 4.02. The second kappa shape index (κ2) is 4.67. The lowest BCUT2D eigenvalue weighted by atomic mass is 9.98. The number of ether oxygens (including phenoxy) is 1. The van der Waals surface area contributed by atoms with Crippen LogP contribution < -0.4 is 0 Å². The van der Waals surface area contributed by atoms with Gasteiger partial charge in [0, 0.05) is 16.8 Å². The average Bonchev–Trinajstić information content (AvgIpc) is 2.18. The van der Waals surface area contributed by atoms with Crippen molar-refractivity contribution in [2.45, 2.75) is 32.4 Å². The topological polar surface area (TPSA) is 26.3 Å². The van der Waals surface area contributed by atoms with Crippen LogP contribution >= 0.6 is 0 Å². The molecule has 1 saturated heterocycles. The predicted molar refractivity (Wildman–Crippen MR) is 61.8 cm³/mol. The summed E-state index contributed by atoms with van der Waals surface area (Å²) in [6.45, 7) is 9.85. The molecule has 1 heterocycles. The standard InChI is InChI=1S/C11H21O2S/c1-9(2)10(12)11(3,4)14-7-5-13-6-8-14/h9H,5-8H2,1-4H3/q+1. The molecule has 0 aromatic carbocycles. The predicted octanol–water partition coefficient (Wildman–Crippen LogP) is 1.64. The van der Waals surface area contributed by atoms with Crippen LogP contribution in [-0.2, 0) is 20.4 Å². The molecule has 14 heavy (non-hydrogen) atoms. The van der Waals surface area contributed by atoms with Gasteiger partial charge in [0.15, 0.2) is 10.5 Å². The lowest BCUT2D eigenvalue weighted by Crippen LogP contribution is -2.48. The summed E-state index contributed by atoms with van der Waals surface area (Å²) in [5.74, 6) is 2.68. The third kappa shape index (κ3) is 2.51. The van der Waals surface area contributed by atoms with E-state index in [0.717, 1.165) is 24.7 Å². The first kappa shape index (κ1) is 12.1. The van der Waals surface area contributed by atoms with Crippen LogP contribution in [0, 0.1) is 5.92 Å². The fourth-order valence-electron chi connectivity index (χ4n) is 1.87. The quantitative estimate of drug-likeness (QED) is 0.672. The molecule has 0 unspecified atom stereocenters. The zero-order valence-electron chi connectivity index (χ0n) is 9.63. The maximum absolute atomic E-state index is 12.0. The Balaban J connectivity index is 2.66. The molecule has 0 saturated carbocycles. The van der Waals surface area contributed by atoms with E-state index in [2.05, 4.69) is 13.8 Å². The Bertz CT molecular complexity index is 205. The van der Waals surface area contributed by atoms with Crippen molar-refractivity contribution in [3.05, 3.63) is 0 Å². The lowest BCUT2D eigenvalue weighted by Gasteiger charge is -2.28. The number of hydrogen-bond donors (Lipinski definition) is 0. The smallest absolute Gasteiger partial charge is 0.189 e. The summed E-state index contributed by atoms with van der Waals surface area (Å²) in [7, 11) is 0.220. The SMILES string of the molecule is CC(C)C(=O)C(C)(C)[S+]1CCOCC1. The van der Waals surface area contributed by atoms with Gasteiger partial charge in [-0.3, -0.25) is 4.79 Å². The number of carbonyl (C=O) groups is 1. The summed E-state index contributed by atoms with van der Waals surface area (Å²) in [4.78, 5) is 12.0. The van der Waals surface area contributed by atoms with Crippen LogP contribution in [0.1, 0.15) is 27.7 Å². The maximum Gasteiger partial charge on any atom is 0.189 e. The van der Waals surface area contributed by atoms with Crippen LogP contribution in [0.5, 0.6) is 0 Å². The van der Waals surface area contributed by atoms with Crippen molar-refractivity contribution in [2.75, 3.05) is 24.7 Å². The third-order valence-corrected chi connectivity index (χ3v) is 5.75. The first-order valence-electron chi connectivity index (χ1n) is 5.26. The number of Topliss-reactive ketones (excluding diaryl/α,β-unsaturated/α-hetero) is 1. The first-order chi connectivity index (χ1) is 6.46. The molecule has 0 atom stereocenters. The minimum atomic E-state index is -0.141. The highest BCUT2D eigenvalue weighted by Gasteiger charge is 2.46. The lowest BCUT2D eigenvalue weighted by molar-refractivity contribution is -0.123. The fourth-order valence-corrected chi connectivity index (χ4v) is 4.25. The maximum atomic E-state index is 12.0. The largest absolute Gasteiger partial charge is 0.372 e. The monoisotopic (exact) mass is 217 g/mol. The molecule has 1 fully saturated rings. The molecule has 0 aliphatic carbocycles. The molecule has 0 aromatic rings. The summed E-state index contributed by atoms with van der Waals surface area (Å²) in [6, 6.07) is 0. The Morgan fingerprint density at radius 2 is 1.79 bits per heavy atom. The van der Waals surface area contributed by atoms with E-state index in [4.69, 9.17) is 4.74 Å². The van der Waals surface area contributed by atoms with E-state index >= 15 is 0 Å². The highest BCUT2D eigenvalue weighted by molar-refractivity contribution is 7.98. The third-order valence-electron chi connectivity index (χ3n) is 2.79. The van der Waals surface area contributed by atoms with Gasteiger partial charge in [-0.05, 0) is 13.8 Å². The van der Waals surface area contributed by atoms with E-state index in [1.54, 1.807) is 0 Å².